The van der Waals surface area contributed by atoms with E-state index in [1.165, 1.54) is 0 Å². The topological polar surface area (TPSA) is 203 Å². The maximum absolute atomic E-state index is 11.5. The zero-order valence-electron chi connectivity index (χ0n) is 20.1. The average Bonchev–Trinajstić information content (AvgIpc) is 2.76. The summed E-state index contributed by atoms with van der Waals surface area (Å²) in [6.45, 7) is 2.09. The van der Waals surface area contributed by atoms with Gasteiger partial charge in [-0.1, -0.05) is 45.4 Å². The zero-order chi connectivity index (χ0) is 25.9. The van der Waals surface area contributed by atoms with Crippen molar-refractivity contribution in [3.63, 3.8) is 0 Å². The van der Waals surface area contributed by atoms with Crippen LogP contribution in [-0.4, -0.2) is 56.0 Å². The Hall–Kier alpha value is -2.44. The number of carbonyl (C=O) groups is 4. The Morgan fingerprint density at radius 1 is 0.676 bits per heavy atom. The van der Waals surface area contributed by atoms with E-state index in [0.717, 1.165) is 11.4 Å². The zero-order valence-corrected chi connectivity index (χ0v) is 20.1. The number of nitrogens with two attached hydrogens (primary N) is 1. The summed E-state index contributed by atoms with van der Waals surface area (Å²) < 4.78 is 0. The van der Waals surface area contributed by atoms with Crippen LogP contribution in [0.4, 0.5) is 4.79 Å². The van der Waals surface area contributed by atoms with Gasteiger partial charge in [-0.3, -0.25) is 20.2 Å². The highest BCUT2D eigenvalue weighted by Crippen LogP contribution is 2.23. The van der Waals surface area contributed by atoms with Gasteiger partial charge in [0.05, 0.1) is 17.8 Å². The molecule has 3 unspecified atom stereocenters. The Labute approximate surface area is 200 Å². The molecule has 12 heteroatoms. The number of carboxylic acid groups (broad SMARTS) is 4. The summed E-state index contributed by atoms with van der Waals surface area (Å²) >= 11 is 0. The van der Waals surface area contributed by atoms with Crippen LogP contribution in [0.5, 0.6) is 0 Å². The van der Waals surface area contributed by atoms with Crippen molar-refractivity contribution in [2.75, 3.05) is 6.54 Å². The first-order valence-electron chi connectivity index (χ1n) is 12.0. The number of nitrogens with one attached hydrogen (secondary N) is 2. The molecule has 0 aliphatic rings. The first-order valence-corrected chi connectivity index (χ1v) is 12.0. The van der Waals surface area contributed by atoms with Gasteiger partial charge in [-0.2, -0.15) is 11.1 Å². The summed E-state index contributed by atoms with van der Waals surface area (Å²) in [6, 6.07) is 0. The second-order valence-electron chi connectivity index (χ2n) is 8.65. The van der Waals surface area contributed by atoms with Crippen LogP contribution in [0, 0.1) is 17.8 Å². The van der Waals surface area contributed by atoms with Gasteiger partial charge < -0.3 is 20.4 Å². The number of hydrogen-bond acceptors (Lipinski definition) is 7. The molecule has 34 heavy (non-hydrogen) atoms. The molecule has 0 rings (SSSR count). The number of aliphatic carboxylic acids is 3. The fraction of sp³-hybridized carbons (Fsp3) is 0.818. The van der Waals surface area contributed by atoms with E-state index in [0.29, 0.717) is 77.0 Å². The minimum absolute atomic E-state index is 0.151. The second-order valence-corrected chi connectivity index (χ2v) is 8.65. The van der Waals surface area contributed by atoms with Crippen LogP contribution in [-0.2, 0) is 14.4 Å². The number of rotatable bonds is 22. The molecule has 0 aliphatic heterocycles. The van der Waals surface area contributed by atoms with Gasteiger partial charge in [0.2, 0.25) is 0 Å². The molecule has 0 aliphatic carbocycles. The lowest BCUT2D eigenvalue weighted by Crippen LogP contribution is -2.52. The van der Waals surface area contributed by atoms with Crippen molar-refractivity contribution >= 4 is 24.0 Å². The van der Waals surface area contributed by atoms with Gasteiger partial charge in [0.15, 0.2) is 0 Å². The van der Waals surface area contributed by atoms with Crippen molar-refractivity contribution < 1.29 is 39.6 Å². The van der Waals surface area contributed by atoms with Crippen LogP contribution in [0.25, 0.3) is 0 Å². The number of unbranched alkanes of at least 4 members (excludes halogenated alkanes) is 3. The molecule has 1 amide bonds. The van der Waals surface area contributed by atoms with Crippen LogP contribution in [0.2, 0.25) is 0 Å². The molecule has 0 bridgehead atoms. The van der Waals surface area contributed by atoms with Gasteiger partial charge in [0.1, 0.15) is 0 Å². The van der Waals surface area contributed by atoms with Crippen LogP contribution in [0.15, 0.2) is 0 Å². The van der Waals surface area contributed by atoms with E-state index in [-0.39, 0.29) is 12.5 Å². The summed E-state index contributed by atoms with van der Waals surface area (Å²) in [5, 5.41) is 37.9. The molecule has 12 nitrogen and oxygen atoms in total. The molecule has 0 saturated heterocycles. The third-order valence-corrected chi connectivity index (χ3v) is 6.01. The molecule has 8 N–H and O–H groups in total. The number of carboxylic acids is 3. The van der Waals surface area contributed by atoms with E-state index >= 15 is 0 Å². The van der Waals surface area contributed by atoms with Crippen LogP contribution in [0.1, 0.15) is 90.4 Å². The highest BCUT2D eigenvalue weighted by atomic mass is 16.4. The monoisotopic (exact) mass is 490 g/mol. The SMILES string of the molecule is CCCC(CCCCC(CCCCC(CCCCN(NNN)C(=O)O)C(=O)O)C(=O)O)C(=O)O. The molecule has 0 radical (unpaired) electrons. The molecule has 0 aromatic rings. The van der Waals surface area contributed by atoms with Gasteiger partial charge >= 0.3 is 24.0 Å². The molecular formula is C22H42N4O8. The van der Waals surface area contributed by atoms with Crippen molar-refractivity contribution in [1.29, 1.82) is 0 Å². The van der Waals surface area contributed by atoms with Crippen molar-refractivity contribution in [2.45, 2.75) is 90.4 Å². The maximum atomic E-state index is 11.5. The normalized spacial score (nSPS) is 13.7. The standard InChI is InChI=1S/C22H42N4O8/c1-2-9-16(19(27)28)10-3-4-11-17(20(29)30)12-5-6-13-18(21(31)32)14-7-8-15-26(22(33)34)25-24-23/h16-18,24-25H,2-15,23H2,1H3,(H,27,28)(H,29,30)(H,31,32)(H,33,34). The molecule has 0 aromatic carbocycles. The summed E-state index contributed by atoms with van der Waals surface area (Å²) in [5.74, 6) is 1.01. The van der Waals surface area contributed by atoms with E-state index < -0.39 is 35.8 Å². The van der Waals surface area contributed by atoms with Crippen molar-refractivity contribution in [3.8, 4) is 0 Å². The number of amides is 1. The minimum Gasteiger partial charge on any atom is -0.481 e. The van der Waals surface area contributed by atoms with E-state index in [1.807, 2.05) is 12.5 Å². The van der Waals surface area contributed by atoms with Crippen molar-refractivity contribution in [2.24, 2.45) is 23.6 Å². The predicted molar refractivity (Wildman–Crippen MR) is 124 cm³/mol. The van der Waals surface area contributed by atoms with Crippen molar-refractivity contribution in [1.82, 2.24) is 16.1 Å². The van der Waals surface area contributed by atoms with E-state index in [2.05, 4.69) is 5.53 Å². The fourth-order valence-corrected chi connectivity index (χ4v) is 4.02. The Bertz CT molecular complexity index is 568. The minimum atomic E-state index is -1.21. The van der Waals surface area contributed by atoms with E-state index in [4.69, 9.17) is 10.9 Å². The lowest BCUT2D eigenvalue weighted by atomic mass is 9.90. The second kappa shape index (κ2) is 18.9. The molecule has 0 heterocycles. The first-order chi connectivity index (χ1) is 16.1. The number of hydrogen-bond donors (Lipinski definition) is 7. The molecule has 0 spiro atoms. The third kappa shape index (κ3) is 14.7. The van der Waals surface area contributed by atoms with Crippen LogP contribution in [0.3, 0.4) is 0 Å². The molecule has 0 saturated carbocycles. The third-order valence-electron chi connectivity index (χ3n) is 6.01. The van der Waals surface area contributed by atoms with Gasteiger partial charge in [0, 0.05) is 6.54 Å². The summed E-state index contributed by atoms with van der Waals surface area (Å²) in [4.78, 5) is 45.2. The summed E-state index contributed by atoms with van der Waals surface area (Å²) in [5.41, 5.74) is 4.29. The van der Waals surface area contributed by atoms with Gasteiger partial charge in [-0.25, -0.2) is 9.80 Å². The summed E-state index contributed by atoms with van der Waals surface area (Å²) in [7, 11) is 0. The fourth-order valence-electron chi connectivity index (χ4n) is 4.02. The van der Waals surface area contributed by atoms with Gasteiger partial charge in [0.25, 0.3) is 0 Å². The Morgan fingerprint density at radius 2 is 1.03 bits per heavy atom. The number of nitrogens with zero attached hydrogens (tertiary/aromatic N) is 1. The highest BCUT2D eigenvalue weighted by Gasteiger charge is 2.21. The lowest BCUT2D eigenvalue weighted by Gasteiger charge is -2.19. The Kier molecular flexibility index (Phi) is 17.6. The number of hydrazine groups is 3. The largest absolute Gasteiger partial charge is 0.481 e. The molecule has 198 valence electrons. The van der Waals surface area contributed by atoms with Crippen LogP contribution >= 0.6 is 0 Å². The predicted octanol–water partition coefficient (Wildman–Crippen LogP) is 3.04. The van der Waals surface area contributed by atoms with E-state index in [9.17, 15) is 34.5 Å². The van der Waals surface area contributed by atoms with E-state index in [1.54, 1.807) is 0 Å². The Morgan fingerprint density at radius 3 is 1.32 bits per heavy atom. The first kappa shape index (κ1) is 31.6. The van der Waals surface area contributed by atoms with Gasteiger partial charge in [-0.05, 0) is 44.9 Å². The van der Waals surface area contributed by atoms with Gasteiger partial charge in [-0.15, -0.1) is 0 Å². The molecule has 0 fully saturated rings. The molecular weight excluding hydrogens is 448 g/mol. The lowest BCUT2D eigenvalue weighted by molar-refractivity contribution is -0.143. The Balaban J connectivity index is 4.28. The van der Waals surface area contributed by atoms with Crippen molar-refractivity contribution in [3.05, 3.63) is 0 Å². The smallest absolute Gasteiger partial charge is 0.422 e. The maximum Gasteiger partial charge on any atom is 0.422 e. The quantitative estimate of drug-likeness (QED) is 0.0667. The average molecular weight is 491 g/mol. The van der Waals surface area contributed by atoms with Crippen LogP contribution < -0.4 is 16.9 Å². The summed E-state index contributed by atoms with van der Waals surface area (Å²) in [6.07, 6.45) is 6.10. The highest BCUT2D eigenvalue weighted by molar-refractivity contribution is 5.70. The molecule has 0 aromatic heterocycles. The molecule has 3 atom stereocenters.